The maximum Gasteiger partial charge on any atom is 0.121 e. The molecule has 0 bridgehead atoms. The van der Waals surface area contributed by atoms with Crippen LogP contribution in [0.5, 0.6) is 11.5 Å². The van der Waals surface area contributed by atoms with Gasteiger partial charge in [-0.3, -0.25) is 0 Å². The lowest BCUT2D eigenvalue weighted by Crippen LogP contribution is -2.24. The zero-order valence-electron chi connectivity index (χ0n) is 13.6. The lowest BCUT2D eigenvalue weighted by molar-refractivity contribution is 0.452. The van der Waals surface area contributed by atoms with E-state index >= 15 is 0 Å². The predicted molar refractivity (Wildman–Crippen MR) is 91.9 cm³/mol. The molecule has 0 heterocycles. The Morgan fingerprint density at radius 1 is 0.864 bits per heavy atom. The van der Waals surface area contributed by atoms with E-state index in [4.69, 9.17) is 0 Å². The molecule has 22 heavy (non-hydrogen) atoms. The average molecular weight is 299 g/mol. The van der Waals surface area contributed by atoms with E-state index in [9.17, 15) is 10.2 Å². The molecule has 2 aromatic carbocycles. The monoisotopic (exact) mass is 299 g/mol. The van der Waals surface area contributed by atoms with Gasteiger partial charge in [0.25, 0.3) is 0 Å². The first-order valence-corrected chi connectivity index (χ1v) is 7.98. The molecule has 0 saturated heterocycles. The maximum absolute atomic E-state index is 10.5. The molecule has 2 aromatic rings. The van der Waals surface area contributed by atoms with Crippen LogP contribution in [-0.4, -0.2) is 23.3 Å². The number of benzene rings is 2. The van der Waals surface area contributed by atoms with Crippen molar-refractivity contribution in [2.24, 2.45) is 0 Å². The first-order chi connectivity index (χ1) is 10.6. The molecule has 3 nitrogen and oxygen atoms in total. The number of para-hydroxylation sites is 1. The average Bonchev–Trinajstić information content (AvgIpc) is 2.53. The molecule has 118 valence electrons. The van der Waals surface area contributed by atoms with E-state index in [-0.39, 0.29) is 11.7 Å². The fourth-order valence-corrected chi connectivity index (χ4v) is 3.10. The van der Waals surface area contributed by atoms with Crippen molar-refractivity contribution in [3.8, 4) is 11.5 Å². The third-order valence-corrected chi connectivity index (χ3v) is 4.23. The summed E-state index contributed by atoms with van der Waals surface area (Å²) in [5, 5.41) is 20.7. The van der Waals surface area contributed by atoms with Gasteiger partial charge in [-0.05, 0) is 38.5 Å². The van der Waals surface area contributed by atoms with E-state index in [1.54, 1.807) is 12.1 Å². The summed E-state index contributed by atoms with van der Waals surface area (Å²) < 4.78 is 0. The van der Waals surface area contributed by atoms with Gasteiger partial charge in [0.05, 0.1) is 0 Å². The predicted octanol–water partition coefficient (Wildman–Crippen LogP) is 4.49. The molecular formula is C19H25NO2. The second-order valence-corrected chi connectivity index (χ2v) is 5.40. The number of aromatic hydroxyl groups is 2. The Hall–Kier alpha value is -2.16. The number of phenols is 2. The van der Waals surface area contributed by atoms with Crippen molar-refractivity contribution in [1.29, 1.82) is 0 Å². The third kappa shape index (κ3) is 3.03. The van der Waals surface area contributed by atoms with Gasteiger partial charge in [-0.2, -0.15) is 0 Å². The molecule has 2 N–H and O–H groups in total. The lowest BCUT2D eigenvalue weighted by atomic mass is 9.86. The fourth-order valence-electron chi connectivity index (χ4n) is 3.10. The van der Waals surface area contributed by atoms with Gasteiger partial charge >= 0.3 is 0 Å². The molecule has 2 rings (SSSR count). The number of rotatable bonds is 6. The van der Waals surface area contributed by atoms with Crippen LogP contribution in [0.4, 0.5) is 5.69 Å². The van der Waals surface area contributed by atoms with Crippen molar-refractivity contribution >= 4 is 5.69 Å². The fraction of sp³-hybridized carbons (Fsp3) is 0.368. The second-order valence-electron chi connectivity index (χ2n) is 5.40. The van der Waals surface area contributed by atoms with Crippen molar-refractivity contribution in [3.05, 3.63) is 53.6 Å². The summed E-state index contributed by atoms with van der Waals surface area (Å²) in [6.07, 6.45) is 0.809. The van der Waals surface area contributed by atoms with Gasteiger partial charge in [-0.1, -0.05) is 31.2 Å². The van der Waals surface area contributed by atoms with E-state index < -0.39 is 0 Å². The highest BCUT2D eigenvalue weighted by molar-refractivity contribution is 5.63. The lowest BCUT2D eigenvalue weighted by Gasteiger charge is -2.28. The Bertz CT molecular complexity index is 621. The van der Waals surface area contributed by atoms with Crippen LogP contribution in [0.2, 0.25) is 0 Å². The summed E-state index contributed by atoms with van der Waals surface area (Å²) in [6.45, 7) is 8.06. The molecule has 1 unspecified atom stereocenters. The SMILES string of the molecule is CCC(c1ccccc1O)c1c(O)cccc1N(CC)CC. The molecule has 1 atom stereocenters. The summed E-state index contributed by atoms with van der Waals surface area (Å²) in [5.74, 6) is 0.542. The molecule has 0 aliphatic heterocycles. The molecule has 0 amide bonds. The zero-order chi connectivity index (χ0) is 16.1. The molecule has 0 aliphatic rings. The smallest absolute Gasteiger partial charge is 0.121 e. The highest BCUT2D eigenvalue weighted by atomic mass is 16.3. The standard InChI is InChI=1S/C19H25NO2/c1-4-14(15-10-7-8-12-17(15)21)19-16(20(5-2)6-3)11-9-13-18(19)22/h7-14,21-22H,4-6H2,1-3H3. The summed E-state index contributed by atoms with van der Waals surface area (Å²) >= 11 is 0. The van der Waals surface area contributed by atoms with Gasteiger partial charge < -0.3 is 15.1 Å². The summed E-state index contributed by atoms with van der Waals surface area (Å²) in [5.41, 5.74) is 2.80. The van der Waals surface area contributed by atoms with Gasteiger partial charge in [-0.25, -0.2) is 0 Å². The number of nitrogens with zero attached hydrogens (tertiary/aromatic N) is 1. The van der Waals surface area contributed by atoms with Crippen LogP contribution in [0, 0.1) is 0 Å². The Morgan fingerprint density at radius 3 is 2.09 bits per heavy atom. The minimum absolute atomic E-state index is 0.0296. The van der Waals surface area contributed by atoms with Crippen molar-refractivity contribution in [2.45, 2.75) is 33.1 Å². The first-order valence-electron chi connectivity index (χ1n) is 7.98. The second kappa shape index (κ2) is 7.21. The molecule has 0 aromatic heterocycles. The van der Waals surface area contributed by atoms with E-state index in [0.29, 0.717) is 5.75 Å². The summed E-state index contributed by atoms with van der Waals surface area (Å²) in [4.78, 5) is 2.23. The maximum atomic E-state index is 10.5. The number of anilines is 1. The molecular weight excluding hydrogens is 274 g/mol. The number of hydrogen-bond donors (Lipinski definition) is 2. The highest BCUT2D eigenvalue weighted by Gasteiger charge is 2.23. The normalized spacial score (nSPS) is 12.1. The van der Waals surface area contributed by atoms with E-state index in [0.717, 1.165) is 36.3 Å². The minimum atomic E-state index is -0.0296. The Morgan fingerprint density at radius 2 is 1.50 bits per heavy atom. The van der Waals surface area contributed by atoms with E-state index in [1.165, 1.54) is 0 Å². The van der Waals surface area contributed by atoms with Gasteiger partial charge in [0.2, 0.25) is 0 Å². The molecule has 3 heteroatoms. The molecule has 0 saturated carbocycles. The van der Waals surface area contributed by atoms with Crippen LogP contribution >= 0.6 is 0 Å². The van der Waals surface area contributed by atoms with Crippen molar-refractivity contribution in [1.82, 2.24) is 0 Å². The molecule has 0 fully saturated rings. The highest BCUT2D eigenvalue weighted by Crippen LogP contribution is 2.42. The van der Waals surface area contributed by atoms with Crippen LogP contribution in [-0.2, 0) is 0 Å². The van der Waals surface area contributed by atoms with E-state index in [1.807, 2.05) is 30.3 Å². The zero-order valence-corrected chi connectivity index (χ0v) is 13.6. The van der Waals surface area contributed by atoms with Gasteiger partial charge in [-0.15, -0.1) is 0 Å². The van der Waals surface area contributed by atoms with Gasteiger partial charge in [0.1, 0.15) is 11.5 Å². The van der Waals surface area contributed by atoms with Crippen LogP contribution in [0.15, 0.2) is 42.5 Å². The van der Waals surface area contributed by atoms with Crippen LogP contribution in [0.3, 0.4) is 0 Å². The van der Waals surface area contributed by atoms with E-state index in [2.05, 4.69) is 25.7 Å². The Labute approximate surface area is 132 Å². The minimum Gasteiger partial charge on any atom is -0.508 e. The number of phenolic OH excluding ortho intramolecular Hbond substituents is 2. The first kappa shape index (κ1) is 16.2. The summed E-state index contributed by atoms with van der Waals surface area (Å²) in [7, 11) is 0. The summed E-state index contributed by atoms with van der Waals surface area (Å²) in [6, 6.07) is 13.0. The van der Waals surface area contributed by atoms with Gasteiger partial charge in [0.15, 0.2) is 0 Å². The van der Waals surface area contributed by atoms with Crippen LogP contribution in [0.1, 0.15) is 44.2 Å². The Balaban J connectivity index is 2.61. The van der Waals surface area contributed by atoms with Crippen LogP contribution in [0.25, 0.3) is 0 Å². The largest absolute Gasteiger partial charge is 0.508 e. The third-order valence-electron chi connectivity index (χ3n) is 4.23. The quantitative estimate of drug-likeness (QED) is 0.826. The Kier molecular flexibility index (Phi) is 5.31. The van der Waals surface area contributed by atoms with Crippen molar-refractivity contribution in [3.63, 3.8) is 0 Å². The molecule has 0 aliphatic carbocycles. The van der Waals surface area contributed by atoms with Crippen molar-refractivity contribution < 1.29 is 10.2 Å². The van der Waals surface area contributed by atoms with Gasteiger partial charge in [0, 0.05) is 35.8 Å². The molecule has 0 radical (unpaired) electrons. The van der Waals surface area contributed by atoms with Crippen LogP contribution < -0.4 is 4.90 Å². The topological polar surface area (TPSA) is 43.7 Å². The molecule has 0 spiro atoms. The number of hydrogen-bond acceptors (Lipinski definition) is 3. The van der Waals surface area contributed by atoms with Crippen molar-refractivity contribution in [2.75, 3.05) is 18.0 Å².